The molecule has 1 amide bonds. The van der Waals surface area contributed by atoms with Crippen molar-refractivity contribution in [2.75, 3.05) is 5.32 Å². The predicted octanol–water partition coefficient (Wildman–Crippen LogP) is 2.23. The molecule has 0 aromatic heterocycles. The van der Waals surface area contributed by atoms with Gasteiger partial charge < -0.3 is 11.1 Å². The summed E-state index contributed by atoms with van der Waals surface area (Å²) in [6.07, 6.45) is 0.510. The number of nitrogens with one attached hydrogen (secondary N) is 1. The molecular weight excluding hydrogens is 240 g/mol. The first-order valence-corrected chi connectivity index (χ1v) is 6.50. The normalized spacial score (nSPS) is 18.7. The van der Waals surface area contributed by atoms with Crippen LogP contribution in [0.3, 0.4) is 0 Å². The van der Waals surface area contributed by atoms with Gasteiger partial charge in [0.25, 0.3) is 0 Å². The third kappa shape index (κ3) is 2.95. The van der Waals surface area contributed by atoms with Gasteiger partial charge >= 0.3 is 0 Å². The van der Waals surface area contributed by atoms with E-state index in [4.69, 9.17) is 5.73 Å². The molecule has 1 atom stereocenters. The molecule has 2 rings (SSSR count). The Hall–Kier alpha value is -1.84. The monoisotopic (exact) mass is 260 g/mol. The standard InChI is InChI=1S/C15H20N2O2/c1-15(2,3)9-4-5-12-11(6-9)13(18)7-10(17-12)8-14(16)19/h4-6,10,17H,7-8H2,1-3H3,(H2,16,19)/t10-/m1/s1. The van der Waals surface area contributed by atoms with Crippen LogP contribution in [0.25, 0.3) is 0 Å². The highest BCUT2D eigenvalue weighted by Gasteiger charge is 2.27. The zero-order valence-corrected chi connectivity index (χ0v) is 11.6. The molecule has 1 aliphatic heterocycles. The number of hydrogen-bond donors (Lipinski definition) is 2. The van der Waals surface area contributed by atoms with Crippen LogP contribution in [0.1, 0.15) is 49.5 Å². The summed E-state index contributed by atoms with van der Waals surface area (Å²) in [5, 5.41) is 3.22. The zero-order valence-electron chi connectivity index (χ0n) is 11.6. The quantitative estimate of drug-likeness (QED) is 0.856. The molecule has 0 bridgehead atoms. The van der Waals surface area contributed by atoms with E-state index >= 15 is 0 Å². The van der Waals surface area contributed by atoms with Crippen molar-refractivity contribution < 1.29 is 9.59 Å². The van der Waals surface area contributed by atoms with Crippen molar-refractivity contribution in [1.82, 2.24) is 0 Å². The third-order valence-electron chi connectivity index (χ3n) is 3.43. The summed E-state index contributed by atoms with van der Waals surface area (Å²) in [5.74, 6) is -0.314. The Morgan fingerprint density at radius 2 is 2.11 bits per heavy atom. The molecule has 1 heterocycles. The number of carbonyl (C=O) groups is 2. The molecule has 4 nitrogen and oxygen atoms in total. The van der Waals surface area contributed by atoms with Crippen molar-refractivity contribution >= 4 is 17.4 Å². The van der Waals surface area contributed by atoms with E-state index in [-0.39, 0.29) is 29.6 Å². The van der Waals surface area contributed by atoms with Gasteiger partial charge in [0.1, 0.15) is 0 Å². The van der Waals surface area contributed by atoms with Crippen molar-refractivity contribution in [3.05, 3.63) is 29.3 Å². The number of ketones is 1. The second-order valence-electron chi connectivity index (χ2n) is 6.15. The highest BCUT2D eigenvalue weighted by Crippen LogP contribution is 2.31. The van der Waals surface area contributed by atoms with Crippen LogP contribution in [0.15, 0.2) is 18.2 Å². The maximum Gasteiger partial charge on any atom is 0.219 e. The van der Waals surface area contributed by atoms with Crippen LogP contribution in [-0.2, 0) is 10.2 Å². The third-order valence-corrected chi connectivity index (χ3v) is 3.43. The lowest BCUT2D eigenvalue weighted by atomic mass is 9.84. The summed E-state index contributed by atoms with van der Waals surface area (Å²) in [6.45, 7) is 6.35. The van der Waals surface area contributed by atoms with Gasteiger partial charge in [0.2, 0.25) is 5.91 Å². The van der Waals surface area contributed by atoms with E-state index in [1.54, 1.807) is 0 Å². The minimum absolute atomic E-state index is 0.0133. The van der Waals surface area contributed by atoms with Gasteiger partial charge in [-0.2, -0.15) is 0 Å². The van der Waals surface area contributed by atoms with Crippen molar-refractivity contribution in [3.8, 4) is 0 Å². The average Bonchev–Trinajstić information content (AvgIpc) is 2.26. The van der Waals surface area contributed by atoms with Gasteiger partial charge in [0, 0.05) is 30.1 Å². The van der Waals surface area contributed by atoms with Gasteiger partial charge in [-0.3, -0.25) is 9.59 Å². The van der Waals surface area contributed by atoms with Crippen LogP contribution >= 0.6 is 0 Å². The molecule has 0 radical (unpaired) electrons. The number of carbonyl (C=O) groups excluding carboxylic acids is 2. The molecule has 0 aliphatic carbocycles. The average molecular weight is 260 g/mol. The van der Waals surface area contributed by atoms with E-state index in [0.29, 0.717) is 12.0 Å². The van der Waals surface area contributed by atoms with Crippen LogP contribution in [0, 0.1) is 0 Å². The number of benzene rings is 1. The number of primary amides is 1. The van der Waals surface area contributed by atoms with Crippen LogP contribution in [0.2, 0.25) is 0 Å². The minimum atomic E-state index is -0.389. The van der Waals surface area contributed by atoms with E-state index in [0.717, 1.165) is 11.3 Å². The lowest BCUT2D eigenvalue weighted by molar-refractivity contribution is -0.118. The van der Waals surface area contributed by atoms with Gasteiger partial charge in [-0.05, 0) is 23.1 Å². The zero-order chi connectivity index (χ0) is 14.2. The maximum absolute atomic E-state index is 12.2. The number of amides is 1. The number of nitrogens with two attached hydrogens (primary N) is 1. The smallest absolute Gasteiger partial charge is 0.219 e. The fourth-order valence-corrected chi connectivity index (χ4v) is 2.34. The van der Waals surface area contributed by atoms with Crippen molar-refractivity contribution in [1.29, 1.82) is 0 Å². The lowest BCUT2D eigenvalue weighted by Gasteiger charge is -2.27. The Labute approximate surface area is 113 Å². The predicted molar refractivity (Wildman–Crippen MR) is 75.3 cm³/mol. The van der Waals surface area contributed by atoms with Crippen molar-refractivity contribution in [3.63, 3.8) is 0 Å². The number of rotatable bonds is 2. The van der Waals surface area contributed by atoms with E-state index in [1.165, 1.54) is 0 Å². The van der Waals surface area contributed by atoms with E-state index in [1.807, 2.05) is 18.2 Å². The largest absolute Gasteiger partial charge is 0.381 e. The van der Waals surface area contributed by atoms with Gasteiger partial charge in [0.05, 0.1) is 0 Å². The van der Waals surface area contributed by atoms with Crippen molar-refractivity contribution in [2.24, 2.45) is 5.73 Å². The van der Waals surface area contributed by atoms with Crippen molar-refractivity contribution in [2.45, 2.75) is 45.1 Å². The SMILES string of the molecule is CC(C)(C)c1ccc2c(c1)C(=O)C[C@H](CC(N)=O)N2. The van der Waals surface area contributed by atoms with Crippen LogP contribution < -0.4 is 11.1 Å². The number of fused-ring (bicyclic) bond motifs is 1. The Balaban J connectivity index is 2.31. The number of anilines is 1. The van der Waals surface area contributed by atoms with E-state index < -0.39 is 0 Å². The number of Topliss-reactive ketones (excluding diaryl/α,β-unsaturated/α-hetero) is 1. The first-order chi connectivity index (χ1) is 8.77. The molecule has 1 aromatic rings. The summed E-state index contributed by atoms with van der Waals surface area (Å²) in [7, 11) is 0. The second kappa shape index (κ2) is 4.68. The molecule has 0 unspecified atom stereocenters. The minimum Gasteiger partial charge on any atom is -0.381 e. The molecule has 1 aromatic carbocycles. The van der Waals surface area contributed by atoms with Crippen LogP contribution in [0.5, 0.6) is 0 Å². The van der Waals surface area contributed by atoms with E-state index in [9.17, 15) is 9.59 Å². The van der Waals surface area contributed by atoms with Crippen LogP contribution in [-0.4, -0.2) is 17.7 Å². The van der Waals surface area contributed by atoms with Gasteiger partial charge in [-0.1, -0.05) is 26.8 Å². The molecule has 0 spiro atoms. The van der Waals surface area contributed by atoms with Gasteiger partial charge in [-0.15, -0.1) is 0 Å². The summed E-state index contributed by atoms with van der Waals surface area (Å²) in [6, 6.07) is 5.70. The number of hydrogen-bond acceptors (Lipinski definition) is 3. The van der Waals surface area contributed by atoms with Gasteiger partial charge in [0.15, 0.2) is 5.78 Å². The first kappa shape index (κ1) is 13.6. The molecule has 102 valence electrons. The highest BCUT2D eigenvalue weighted by atomic mass is 16.1. The molecule has 0 saturated heterocycles. The molecule has 19 heavy (non-hydrogen) atoms. The Kier molecular flexibility index (Phi) is 3.35. The Morgan fingerprint density at radius 1 is 1.42 bits per heavy atom. The summed E-state index contributed by atoms with van der Waals surface area (Å²) >= 11 is 0. The molecule has 4 heteroatoms. The molecule has 0 saturated carbocycles. The fraction of sp³-hybridized carbons (Fsp3) is 0.467. The van der Waals surface area contributed by atoms with Gasteiger partial charge in [-0.25, -0.2) is 0 Å². The highest BCUT2D eigenvalue weighted by molar-refractivity contribution is 6.04. The topological polar surface area (TPSA) is 72.2 Å². The van der Waals surface area contributed by atoms with Crippen LogP contribution in [0.4, 0.5) is 5.69 Å². The molecule has 0 fully saturated rings. The fourth-order valence-electron chi connectivity index (χ4n) is 2.34. The summed E-state index contributed by atoms with van der Waals surface area (Å²) < 4.78 is 0. The molecular formula is C15H20N2O2. The van der Waals surface area contributed by atoms with E-state index in [2.05, 4.69) is 26.1 Å². The summed E-state index contributed by atoms with van der Waals surface area (Å²) in [5.41, 5.74) is 7.84. The Bertz CT molecular complexity index is 529. The molecule has 1 aliphatic rings. The summed E-state index contributed by atoms with van der Waals surface area (Å²) in [4.78, 5) is 23.1. The first-order valence-electron chi connectivity index (χ1n) is 6.50. The second-order valence-corrected chi connectivity index (χ2v) is 6.15. The maximum atomic E-state index is 12.2. The molecule has 3 N–H and O–H groups in total. The Morgan fingerprint density at radius 3 is 2.68 bits per heavy atom. The lowest BCUT2D eigenvalue weighted by Crippen LogP contribution is -2.33.